The molecule has 164 valence electrons. The average molecular weight is 450 g/mol. The van der Waals surface area contributed by atoms with Crippen molar-refractivity contribution < 1.29 is 9.53 Å². The number of rotatable bonds is 7. The van der Waals surface area contributed by atoms with Crippen LogP contribution in [0.15, 0.2) is 60.8 Å². The van der Waals surface area contributed by atoms with Crippen LogP contribution in [0.4, 0.5) is 5.69 Å². The summed E-state index contributed by atoms with van der Waals surface area (Å²) in [6.07, 6.45) is 1.72. The number of carbonyl (C=O) groups excluding carboxylic acids is 1. The first-order valence-electron chi connectivity index (χ1n) is 10.2. The predicted octanol–water partition coefficient (Wildman–Crippen LogP) is 5.00. The fourth-order valence-electron chi connectivity index (χ4n) is 3.38. The van der Waals surface area contributed by atoms with Crippen LogP contribution in [0.2, 0.25) is 5.02 Å². The second-order valence-electron chi connectivity index (χ2n) is 7.56. The number of nitrogens with zero attached hydrogens (tertiary/aromatic N) is 4. The number of para-hydroxylation sites is 1. The van der Waals surface area contributed by atoms with Crippen molar-refractivity contribution in [2.45, 2.75) is 34.0 Å². The van der Waals surface area contributed by atoms with Crippen LogP contribution >= 0.6 is 11.6 Å². The van der Waals surface area contributed by atoms with Gasteiger partial charge in [-0.1, -0.05) is 41.9 Å². The summed E-state index contributed by atoms with van der Waals surface area (Å²) < 4.78 is 9.24. The fourth-order valence-corrected chi connectivity index (χ4v) is 3.51. The third kappa shape index (κ3) is 4.84. The highest BCUT2D eigenvalue weighted by atomic mass is 35.5. The van der Waals surface area contributed by atoms with Gasteiger partial charge in [-0.3, -0.25) is 9.48 Å². The van der Waals surface area contributed by atoms with Gasteiger partial charge in [-0.25, -0.2) is 4.68 Å². The molecule has 0 radical (unpaired) electrons. The van der Waals surface area contributed by atoms with Crippen LogP contribution in [0, 0.1) is 20.8 Å². The Morgan fingerprint density at radius 3 is 2.53 bits per heavy atom. The van der Waals surface area contributed by atoms with Crippen molar-refractivity contribution in [2.75, 3.05) is 5.32 Å². The molecule has 2 heterocycles. The molecule has 0 spiro atoms. The van der Waals surface area contributed by atoms with Gasteiger partial charge in [0.15, 0.2) is 12.4 Å². The van der Waals surface area contributed by atoms with E-state index < -0.39 is 0 Å². The number of aryl methyl sites for hydroxylation is 2. The first-order valence-corrected chi connectivity index (χ1v) is 10.6. The summed E-state index contributed by atoms with van der Waals surface area (Å²) >= 11 is 5.96. The van der Waals surface area contributed by atoms with E-state index in [4.69, 9.17) is 16.3 Å². The molecule has 0 fully saturated rings. The number of ether oxygens (including phenoxy) is 1. The van der Waals surface area contributed by atoms with E-state index >= 15 is 0 Å². The van der Waals surface area contributed by atoms with Gasteiger partial charge in [-0.2, -0.15) is 10.2 Å². The molecule has 4 aromatic rings. The van der Waals surface area contributed by atoms with Crippen molar-refractivity contribution in [3.8, 4) is 5.75 Å². The second-order valence-corrected chi connectivity index (χ2v) is 8.00. The molecule has 1 N–H and O–H groups in total. The zero-order valence-corrected chi connectivity index (χ0v) is 18.9. The molecule has 0 aliphatic carbocycles. The van der Waals surface area contributed by atoms with Crippen LogP contribution in [-0.4, -0.2) is 25.5 Å². The number of halogens is 1. The number of benzene rings is 2. The molecule has 2 aromatic heterocycles. The Bertz CT molecular complexity index is 1240. The monoisotopic (exact) mass is 449 g/mol. The Balaban J connectivity index is 1.42. The summed E-state index contributed by atoms with van der Waals surface area (Å²) in [7, 11) is 0. The minimum Gasteiger partial charge on any atom is -0.471 e. The summed E-state index contributed by atoms with van der Waals surface area (Å²) in [5, 5.41) is 12.5. The Kier molecular flexibility index (Phi) is 6.28. The molecule has 4 rings (SSSR count). The van der Waals surface area contributed by atoms with Gasteiger partial charge in [0.25, 0.3) is 5.91 Å². The standard InChI is InChI=1S/C24H24ClN5O2/c1-16-6-4-5-7-22(16)32-15-29-13-12-21(28-29)24(31)26-23-17(2)27-30(18(23)3)14-19-8-10-20(25)11-9-19/h4-13H,14-15H2,1-3H3,(H,26,31). The second kappa shape index (κ2) is 9.28. The first-order chi connectivity index (χ1) is 15.4. The minimum absolute atomic E-state index is 0.217. The molecule has 0 aliphatic rings. The predicted molar refractivity (Wildman–Crippen MR) is 124 cm³/mol. The maximum absolute atomic E-state index is 12.8. The van der Waals surface area contributed by atoms with Crippen molar-refractivity contribution in [1.82, 2.24) is 19.6 Å². The summed E-state index contributed by atoms with van der Waals surface area (Å²) in [4.78, 5) is 12.8. The lowest BCUT2D eigenvalue weighted by Gasteiger charge is -2.08. The number of hydrogen-bond acceptors (Lipinski definition) is 4. The number of carbonyl (C=O) groups is 1. The third-order valence-electron chi connectivity index (χ3n) is 5.18. The highest BCUT2D eigenvalue weighted by Gasteiger charge is 2.17. The zero-order valence-electron chi connectivity index (χ0n) is 18.2. The quantitative estimate of drug-likeness (QED) is 0.431. The summed E-state index contributed by atoms with van der Waals surface area (Å²) in [5.41, 5.74) is 4.72. The van der Waals surface area contributed by atoms with Crippen molar-refractivity contribution in [3.63, 3.8) is 0 Å². The Morgan fingerprint density at radius 1 is 1.03 bits per heavy atom. The van der Waals surface area contributed by atoms with Gasteiger partial charge in [0.05, 0.1) is 23.6 Å². The van der Waals surface area contributed by atoms with Gasteiger partial charge in [-0.05, 0) is 56.2 Å². The molecule has 0 saturated carbocycles. The molecule has 0 aliphatic heterocycles. The van der Waals surface area contributed by atoms with E-state index in [0.29, 0.717) is 22.9 Å². The van der Waals surface area contributed by atoms with E-state index in [1.165, 1.54) is 0 Å². The van der Waals surface area contributed by atoms with E-state index in [9.17, 15) is 4.79 Å². The van der Waals surface area contributed by atoms with E-state index in [1.54, 1.807) is 16.9 Å². The molecule has 2 aromatic carbocycles. The highest BCUT2D eigenvalue weighted by Crippen LogP contribution is 2.22. The smallest absolute Gasteiger partial charge is 0.276 e. The van der Waals surface area contributed by atoms with Gasteiger partial charge in [-0.15, -0.1) is 0 Å². The maximum Gasteiger partial charge on any atom is 0.276 e. The number of hydrogen-bond donors (Lipinski definition) is 1. The van der Waals surface area contributed by atoms with E-state index in [1.807, 2.05) is 74.0 Å². The Morgan fingerprint density at radius 2 is 1.78 bits per heavy atom. The molecule has 7 nitrogen and oxygen atoms in total. The summed E-state index contributed by atoms with van der Waals surface area (Å²) in [6.45, 7) is 6.59. The SMILES string of the molecule is Cc1ccccc1OCn1ccc(C(=O)Nc2c(C)nn(Cc3ccc(Cl)cc3)c2C)n1. The molecule has 0 unspecified atom stereocenters. The minimum atomic E-state index is -0.295. The fraction of sp³-hybridized carbons (Fsp3) is 0.208. The largest absolute Gasteiger partial charge is 0.471 e. The van der Waals surface area contributed by atoms with Crippen LogP contribution in [-0.2, 0) is 13.3 Å². The van der Waals surface area contributed by atoms with Crippen LogP contribution in [0.3, 0.4) is 0 Å². The van der Waals surface area contributed by atoms with Crippen molar-refractivity contribution in [2.24, 2.45) is 0 Å². The van der Waals surface area contributed by atoms with Gasteiger partial charge >= 0.3 is 0 Å². The first kappa shape index (κ1) is 21.6. The van der Waals surface area contributed by atoms with Crippen LogP contribution in [0.1, 0.15) is 33.0 Å². The molecule has 0 saturated heterocycles. The molecule has 8 heteroatoms. The molecule has 0 bridgehead atoms. The topological polar surface area (TPSA) is 74.0 Å². The Hall–Kier alpha value is -3.58. The molecular formula is C24H24ClN5O2. The number of anilines is 1. The number of nitrogens with one attached hydrogen (secondary N) is 1. The number of amides is 1. The number of aromatic nitrogens is 4. The summed E-state index contributed by atoms with van der Waals surface area (Å²) in [6, 6.07) is 17.1. The van der Waals surface area contributed by atoms with E-state index in [-0.39, 0.29) is 12.6 Å². The van der Waals surface area contributed by atoms with Gasteiger partial charge in [0.1, 0.15) is 5.75 Å². The third-order valence-corrected chi connectivity index (χ3v) is 5.44. The van der Waals surface area contributed by atoms with Crippen LogP contribution < -0.4 is 10.1 Å². The van der Waals surface area contributed by atoms with Crippen LogP contribution in [0.25, 0.3) is 0 Å². The zero-order chi connectivity index (χ0) is 22.7. The molecule has 1 amide bonds. The lowest BCUT2D eigenvalue weighted by Crippen LogP contribution is -2.15. The van der Waals surface area contributed by atoms with Crippen LogP contribution in [0.5, 0.6) is 5.75 Å². The van der Waals surface area contributed by atoms with Gasteiger partial charge in [0, 0.05) is 11.2 Å². The van der Waals surface area contributed by atoms with Gasteiger partial charge in [0.2, 0.25) is 0 Å². The maximum atomic E-state index is 12.8. The molecule has 32 heavy (non-hydrogen) atoms. The van der Waals surface area contributed by atoms with Crippen molar-refractivity contribution in [3.05, 3.63) is 94.0 Å². The van der Waals surface area contributed by atoms with E-state index in [2.05, 4.69) is 15.5 Å². The van der Waals surface area contributed by atoms with Crippen molar-refractivity contribution >= 4 is 23.2 Å². The lowest BCUT2D eigenvalue weighted by atomic mass is 10.2. The van der Waals surface area contributed by atoms with Gasteiger partial charge < -0.3 is 10.1 Å². The molecular weight excluding hydrogens is 426 g/mol. The Labute approximate surface area is 191 Å². The van der Waals surface area contributed by atoms with E-state index in [0.717, 1.165) is 28.3 Å². The summed E-state index contributed by atoms with van der Waals surface area (Å²) in [5.74, 6) is 0.491. The normalized spacial score (nSPS) is 10.9. The lowest BCUT2D eigenvalue weighted by molar-refractivity contribution is 0.102. The highest BCUT2D eigenvalue weighted by molar-refractivity contribution is 6.30. The molecule has 0 atom stereocenters. The average Bonchev–Trinajstić information content (AvgIpc) is 3.35. The van der Waals surface area contributed by atoms with Crippen molar-refractivity contribution in [1.29, 1.82) is 0 Å².